The maximum Gasteiger partial charge on any atom is 0.187 e. The van der Waals surface area contributed by atoms with Crippen LogP contribution in [-0.4, -0.2) is 75.1 Å². The van der Waals surface area contributed by atoms with Crippen molar-refractivity contribution in [2.75, 3.05) is 6.61 Å². The van der Waals surface area contributed by atoms with Crippen LogP contribution >= 0.6 is 0 Å². The predicted octanol–water partition coefficient (Wildman–Crippen LogP) is -1.83. The van der Waals surface area contributed by atoms with Crippen molar-refractivity contribution in [1.82, 2.24) is 0 Å². The highest BCUT2D eigenvalue weighted by atomic mass is 16.7. The van der Waals surface area contributed by atoms with Crippen molar-refractivity contribution < 1.29 is 35.0 Å². The van der Waals surface area contributed by atoms with E-state index in [1.165, 1.54) is 6.08 Å². The fourth-order valence-corrected chi connectivity index (χ4v) is 2.74. The first-order chi connectivity index (χ1) is 10.5. The zero-order valence-electron chi connectivity index (χ0n) is 11.9. The molecule has 2 aliphatic rings. The second-order valence-corrected chi connectivity index (χ2v) is 5.60. The summed E-state index contributed by atoms with van der Waals surface area (Å²) < 4.78 is 10.9. The molecule has 0 spiro atoms. The normalized spacial score (nSPS) is 44.7. The van der Waals surface area contributed by atoms with Gasteiger partial charge in [-0.15, -0.1) is 0 Å². The fourth-order valence-electron chi connectivity index (χ4n) is 2.74. The van der Waals surface area contributed by atoms with E-state index in [1.807, 2.05) is 6.07 Å². The van der Waals surface area contributed by atoms with Crippen molar-refractivity contribution in [3.8, 4) is 6.07 Å². The van der Waals surface area contributed by atoms with Crippen molar-refractivity contribution in [3.05, 3.63) is 11.6 Å². The van der Waals surface area contributed by atoms with Crippen LogP contribution < -0.4 is 0 Å². The van der Waals surface area contributed by atoms with Crippen molar-refractivity contribution in [1.29, 1.82) is 5.26 Å². The van der Waals surface area contributed by atoms with Gasteiger partial charge in [0.1, 0.15) is 24.4 Å². The van der Waals surface area contributed by atoms with Crippen molar-refractivity contribution in [2.24, 2.45) is 0 Å². The molecular formula is C14H21NO7. The summed E-state index contributed by atoms with van der Waals surface area (Å²) in [5, 5.41) is 57.0. The van der Waals surface area contributed by atoms with E-state index in [1.54, 1.807) is 0 Å². The summed E-state index contributed by atoms with van der Waals surface area (Å²) in [6, 6.07) is 1.91. The van der Waals surface area contributed by atoms with Crippen molar-refractivity contribution >= 4 is 0 Å². The maximum absolute atomic E-state index is 9.95. The third-order valence-corrected chi connectivity index (χ3v) is 4.06. The molecule has 1 saturated heterocycles. The maximum atomic E-state index is 9.95. The van der Waals surface area contributed by atoms with Crippen molar-refractivity contribution in [2.45, 2.75) is 62.2 Å². The number of nitriles is 1. The van der Waals surface area contributed by atoms with E-state index in [-0.39, 0.29) is 6.42 Å². The smallest absolute Gasteiger partial charge is 0.187 e. The summed E-state index contributed by atoms with van der Waals surface area (Å²) in [6.45, 7) is -0.543. The number of rotatable bonds is 3. The lowest BCUT2D eigenvalue weighted by Gasteiger charge is -2.42. The molecule has 2 fully saturated rings. The fraction of sp³-hybridized carbons (Fsp3) is 0.786. The molecule has 124 valence electrons. The monoisotopic (exact) mass is 315 g/mol. The van der Waals surface area contributed by atoms with Crippen LogP contribution in [-0.2, 0) is 9.47 Å². The topological polar surface area (TPSA) is 143 Å². The molecule has 0 unspecified atom stereocenters. The summed E-state index contributed by atoms with van der Waals surface area (Å²) >= 11 is 0. The van der Waals surface area contributed by atoms with Crippen LogP contribution in [0, 0.1) is 11.3 Å². The first kappa shape index (κ1) is 17.3. The molecule has 2 rings (SSSR count). The summed E-state index contributed by atoms with van der Waals surface area (Å²) in [7, 11) is 0. The Hall–Kier alpha value is -1.05. The Morgan fingerprint density at radius 2 is 1.95 bits per heavy atom. The number of hydrogen-bond acceptors (Lipinski definition) is 8. The molecule has 7 atom stereocenters. The second kappa shape index (κ2) is 7.48. The van der Waals surface area contributed by atoms with Gasteiger partial charge in [-0.25, -0.2) is 0 Å². The van der Waals surface area contributed by atoms with Gasteiger partial charge in [-0.2, -0.15) is 5.26 Å². The quantitative estimate of drug-likeness (QED) is 0.382. The zero-order chi connectivity index (χ0) is 16.3. The number of hydrogen-bond donors (Lipinski definition) is 5. The van der Waals surface area contributed by atoms with Gasteiger partial charge in [0.25, 0.3) is 0 Å². The van der Waals surface area contributed by atoms with Gasteiger partial charge in [0.05, 0.1) is 24.9 Å². The highest BCUT2D eigenvalue weighted by Crippen LogP contribution is 2.30. The molecular weight excluding hydrogens is 294 g/mol. The van der Waals surface area contributed by atoms with E-state index in [4.69, 9.17) is 19.8 Å². The molecule has 0 radical (unpaired) electrons. The van der Waals surface area contributed by atoms with Gasteiger partial charge >= 0.3 is 0 Å². The number of aliphatic hydroxyl groups excluding tert-OH is 5. The molecule has 1 saturated carbocycles. The van der Waals surface area contributed by atoms with Gasteiger partial charge in [-0.3, -0.25) is 0 Å². The minimum absolute atomic E-state index is 0.239. The van der Waals surface area contributed by atoms with E-state index in [0.717, 1.165) is 0 Å². The third-order valence-electron chi connectivity index (χ3n) is 4.06. The minimum atomic E-state index is -1.52. The van der Waals surface area contributed by atoms with E-state index < -0.39 is 49.5 Å². The van der Waals surface area contributed by atoms with Crippen LogP contribution in [0.1, 0.15) is 19.3 Å². The molecule has 8 heteroatoms. The predicted molar refractivity (Wildman–Crippen MR) is 72.2 cm³/mol. The number of nitrogens with zero attached hydrogens (tertiary/aromatic N) is 1. The summed E-state index contributed by atoms with van der Waals surface area (Å²) in [6.07, 6.45) is -5.45. The van der Waals surface area contributed by atoms with Gasteiger partial charge in [0.15, 0.2) is 6.29 Å². The Labute approximate surface area is 127 Å². The lowest BCUT2D eigenvalue weighted by atomic mass is 9.89. The third kappa shape index (κ3) is 3.64. The van der Waals surface area contributed by atoms with E-state index in [0.29, 0.717) is 18.4 Å². The standard InChI is InChI=1S/C14H21NO7/c15-4-3-7-1-2-8(17)5-9(7)21-14-13(20)12(19)11(18)10(6-16)22-14/h3,8-14,16-20H,1-2,5-6H2/t8-,9-,10+,11+,12-,13+,14+/m0/s1. The zero-order valence-corrected chi connectivity index (χ0v) is 11.9. The average molecular weight is 315 g/mol. The lowest BCUT2D eigenvalue weighted by molar-refractivity contribution is -0.310. The largest absolute Gasteiger partial charge is 0.394 e. The molecule has 22 heavy (non-hydrogen) atoms. The number of ether oxygens (including phenoxy) is 2. The van der Waals surface area contributed by atoms with E-state index in [9.17, 15) is 20.4 Å². The Morgan fingerprint density at radius 3 is 2.59 bits per heavy atom. The van der Waals surface area contributed by atoms with Crippen LogP contribution in [0.5, 0.6) is 0 Å². The lowest BCUT2D eigenvalue weighted by Crippen LogP contribution is -2.59. The Bertz CT molecular complexity index is 447. The van der Waals surface area contributed by atoms with Gasteiger partial charge in [0, 0.05) is 12.5 Å². The van der Waals surface area contributed by atoms with E-state index >= 15 is 0 Å². The van der Waals surface area contributed by atoms with E-state index in [2.05, 4.69) is 0 Å². The van der Waals surface area contributed by atoms with Crippen LogP contribution in [0.25, 0.3) is 0 Å². The molecule has 0 bridgehead atoms. The molecule has 0 amide bonds. The molecule has 8 nitrogen and oxygen atoms in total. The Morgan fingerprint density at radius 1 is 1.23 bits per heavy atom. The highest BCUT2D eigenvalue weighted by molar-refractivity contribution is 5.20. The molecule has 5 N–H and O–H groups in total. The molecule has 0 aromatic heterocycles. The Balaban J connectivity index is 2.10. The van der Waals surface area contributed by atoms with Crippen LogP contribution in [0.3, 0.4) is 0 Å². The second-order valence-electron chi connectivity index (χ2n) is 5.60. The highest BCUT2D eigenvalue weighted by Gasteiger charge is 2.45. The van der Waals surface area contributed by atoms with Gasteiger partial charge in [-0.1, -0.05) is 0 Å². The van der Waals surface area contributed by atoms with Crippen LogP contribution in [0.15, 0.2) is 11.6 Å². The Kier molecular flexibility index (Phi) is 5.88. The van der Waals surface area contributed by atoms with Crippen LogP contribution in [0.4, 0.5) is 0 Å². The summed E-state index contributed by atoms with van der Waals surface area (Å²) in [5.41, 5.74) is 0.671. The SMILES string of the molecule is N#CC=C1CC[C@H](O)C[C@@H]1O[C@@H]1O[C@H](CO)[C@@H](O)[C@H](O)[C@H]1O. The minimum Gasteiger partial charge on any atom is -0.394 e. The molecule has 0 aromatic carbocycles. The van der Waals surface area contributed by atoms with Crippen LogP contribution in [0.2, 0.25) is 0 Å². The number of allylic oxidation sites excluding steroid dienone is 1. The van der Waals surface area contributed by atoms with Gasteiger partial charge < -0.3 is 35.0 Å². The molecule has 1 aliphatic heterocycles. The van der Waals surface area contributed by atoms with Crippen molar-refractivity contribution in [3.63, 3.8) is 0 Å². The molecule has 1 heterocycles. The average Bonchev–Trinajstić information content (AvgIpc) is 2.50. The molecule has 0 aromatic rings. The van der Waals surface area contributed by atoms with Gasteiger partial charge in [-0.05, 0) is 18.4 Å². The number of aliphatic hydroxyl groups is 5. The first-order valence-corrected chi connectivity index (χ1v) is 7.20. The first-order valence-electron chi connectivity index (χ1n) is 7.20. The molecule has 1 aliphatic carbocycles. The summed E-state index contributed by atoms with van der Waals surface area (Å²) in [5.74, 6) is 0. The summed E-state index contributed by atoms with van der Waals surface area (Å²) in [4.78, 5) is 0. The van der Waals surface area contributed by atoms with Gasteiger partial charge in [0.2, 0.25) is 0 Å².